The van der Waals surface area contributed by atoms with E-state index >= 15 is 0 Å². The van der Waals surface area contributed by atoms with Crippen LogP contribution in [-0.2, 0) is 9.84 Å². The highest BCUT2D eigenvalue weighted by molar-refractivity contribution is 7.91. The highest BCUT2D eigenvalue weighted by Crippen LogP contribution is 2.11. The average Bonchev–Trinajstić information content (AvgIpc) is 2.16. The monoisotopic (exact) mass is 221 g/mol. The number of hydrogen-bond donors (Lipinski definition) is 3. The van der Waals surface area contributed by atoms with Gasteiger partial charge in [0, 0.05) is 6.04 Å². The fourth-order valence-electron chi connectivity index (χ4n) is 1.38. The molecular weight excluding hydrogens is 206 g/mol. The second-order valence-corrected chi connectivity index (χ2v) is 5.70. The van der Waals surface area contributed by atoms with E-state index in [1.54, 1.807) is 0 Å². The van der Waals surface area contributed by atoms with Crippen LogP contribution >= 0.6 is 0 Å². The van der Waals surface area contributed by atoms with Crippen LogP contribution < -0.4 is 11.1 Å². The van der Waals surface area contributed by atoms with Gasteiger partial charge in [-0.25, -0.2) is 8.42 Å². The van der Waals surface area contributed by atoms with Gasteiger partial charge in [-0.3, -0.25) is 0 Å². The lowest BCUT2D eigenvalue weighted by molar-refractivity contribution is 0.316. The minimum Gasteiger partial charge on any atom is -0.409 e. The minimum atomic E-state index is -2.81. The molecule has 0 amide bonds. The van der Waals surface area contributed by atoms with Gasteiger partial charge in [0.05, 0.1) is 18.1 Å². The second kappa shape index (κ2) is 4.61. The predicted octanol–water partition coefficient (Wildman–Crippen LogP) is -1.10. The van der Waals surface area contributed by atoms with E-state index in [9.17, 15) is 8.42 Å². The van der Waals surface area contributed by atoms with Crippen molar-refractivity contribution < 1.29 is 13.6 Å². The lowest BCUT2D eigenvalue weighted by atomic mass is 10.1. The Morgan fingerprint density at radius 2 is 2.07 bits per heavy atom. The predicted molar refractivity (Wildman–Crippen MR) is 53.1 cm³/mol. The molecule has 6 nitrogen and oxygen atoms in total. The van der Waals surface area contributed by atoms with Gasteiger partial charge in [0.25, 0.3) is 0 Å². The first-order valence-corrected chi connectivity index (χ1v) is 6.26. The van der Waals surface area contributed by atoms with E-state index in [1.807, 2.05) is 0 Å². The molecule has 0 aromatic carbocycles. The molecule has 7 heteroatoms. The van der Waals surface area contributed by atoms with Crippen molar-refractivity contribution in [1.29, 1.82) is 0 Å². The van der Waals surface area contributed by atoms with Gasteiger partial charge in [-0.2, -0.15) is 0 Å². The molecule has 1 heterocycles. The van der Waals surface area contributed by atoms with Crippen LogP contribution in [0.2, 0.25) is 0 Å². The zero-order valence-electron chi connectivity index (χ0n) is 7.81. The number of oxime groups is 1. The summed E-state index contributed by atoms with van der Waals surface area (Å²) in [5.41, 5.74) is 5.26. The summed E-state index contributed by atoms with van der Waals surface area (Å²) in [6.07, 6.45) is 1.20. The van der Waals surface area contributed by atoms with Crippen LogP contribution in [0.5, 0.6) is 0 Å². The molecule has 1 rings (SSSR count). The van der Waals surface area contributed by atoms with Crippen LogP contribution in [0.15, 0.2) is 5.16 Å². The standard InChI is InChI=1S/C7H15N3O3S/c8-7(10-11)5-9-6-1-3-14(12,13)4-2-6/h6,9,11H,1-5H2,(H2,8,10). The van der Waals surface area contributed by atoms with E-state index in [4.69, 9.17) is 10.9 Å². The lowest BCUT2D eigenvalue weighted by Crippen LogP contribution is -2.41. The van der Waals surface area contributed by atoms with Crippen molar-refractivity contribution in [2.75, 3.05) is 18.1 Å². The third kappa shape index (κ3) is 3.51. The van der Waals surface area contributed by atoms with Gasteiger partial charge in [0.2, 0.25) is 0 Å². The maximum absolute atomic E-state index is 11.1. The number of sulfone groups is 1. The molecule has 0 saturated carbocycles. The largest absolute Gasteiger partial charge is 0.409 e. The van der Waals surface area contributed by atoms with Crippen LogP contribution in [0.3, 0.4) is 0 Å². The first-order chi connectivity index (χ1) is 6.53. The molecule has 1 aliphatic rings. The number of rotatable bonds is 3. The van der Waals surface area contributed by atoms with E-state index in [-0.39, 0.29) is 23.4 Å². The Labute approximate surface area is 83.1 Å². The molecule has 82 valence electrons. The lowest BCUT2D eigenvalue weighted by Gasteiger charge is -2.22. The summed E-state index contributed by atoms with van der Waals surface area (Å²) in [5.74, 6) is 0.556. The normalized spacial score (nSPS) is 23.6. The maximum Gasteiger partial charge on any atom is 0.153 e. The first-order valence-electron chi connectivity index (χ1n) is 4.44. The summed E-state index contributed by atoms with van der Waals surface area (Å²) in [6, 6.07) is 0.152. The van der Waals surface area contributed by atoms with Crippen molar-refractivity contribution in [2.24, 2.45) is 10.9 Å². The Balaban J connectivity index is 2.30. The van der Waals surface area contributed by atoms with Gasteiger partial charge in [0.1, 0.15) is 9.84 Å². The zero-order chi connectivity index (χ0) is 10.6. The molecule has 1 saturated heterocycles. The van der Waals surface area contributed by atoms with Gasteiger partial charge >= 0.3 is 0 Å². The molecule has 0 unspecified atom stereocenters. The fraction of sp³-hybridized carbons (Fsp3) is 0.857. The molecule has 0 bridgehead atoms. The van der Waals surface area contributed by atoms with E-state index in [2.05, 4.69) is 10.5 Å². The molecule has 0 aliphatic carbocycles. The highest BCUT2D eigenvalue weighted by Gasteiger charge is 2.22. The van der Waals surface area contributed by atoms with Crippen molar-refractivity contribution in [3.63, 3.8) is 0 Å². The Morgan fingerprint density at radius 1 is 1.50 bits per heavy atom. The van der Waals surface area contributed by atoms with Gasteiger partial charge in [-0.15, -0.1) is 0 Å². The highest BCUT2D eigenvalue weighted by atomic mass is 32.2. The van der Waals surface area contributed by atoms with Crippen LogP contribution in [-0.4, -0.2) is 43.6 Å². The fourth-order valence-corrected chi connectivity index (χ4v) is 2.87. The smallest absolute Gasteiger partial charge is 0.153 e. The van der Waals surface area contributed by atoms with Gasteiger partial charge < -0.3 is 16.3 Å². The van der Waals surface area contributed by atoms with E-state index in [0.717, 1.165) is 0 Å². The summed E-state index contributed by atoms with van der Waals surface area (Å²) in [6.45, 7) is 0.293. The number of nitrogens with zero attached hydrogens (tertiary/aromatic N) is 1. The van der Waals surface area contributed by atoms with Crippen LogP contribution in [0, 0.1) is 0 Å². The van der Waals surface area contributed by atoms with E-state index < -0.39 is 9.84 Å². The second-order valence-electron chi connectivity index (χ2n) is 3.40. The molecule has 14 heavy (non-hydrogen) atoms. The molecular formula is C7H15N3O3S. The minimum absolute atomic E-state index is 0.110. The van der Waals surface area contributed by atoms with E-state index in [0.29, 0.717) is 19.4 Å². The average molecular weight is 221 g/mol. The van der Waals surface area contributed by atoms with Crippen molar-refractivity contribution in [3.05, 3.63) is 0 Å². The summed E-state index contributed by atoms with van der Waals surface area (Å²) >= 11 is 0. The molecule has 0 aromatic rings. The summed E-state index contributed by atoms with van der Waals surface area (Å²) in [4.78, 5) is 0. The van der Waals surface area contributed by atoms with Gasteiger partial charge in [-0.05, 0) is 12.8 Å². The molecule has 4 N–H and O–H groups in total. The Hall–Kier alpha value is -0.820. The first kappa shape index (κ1) is 11.3. The van der Waals surface area contributed by atoms with Crippen molar-refractivity contribution in [1.82, 2.24) is 5.32 Å². The molecule has 1 fully saturated rings. The number of nitrogens with two attached hydrogens (primary N) is 1. The number of hydrogen-bond acceptors (Lipinski definition) is 5. The third-order valence-electron chi connectivity index (χ3n) is 2.25. The molecule has 0 aromatic heterocycles. The maximum atomic E-state index is 11.1. The van der Waals surface area contributed by atoms with E-state index in [1.165, 1.54) is 0 Å². The third-order valence-corrected chi connectivity index (χ3v) is 3.97. The topological polar surface area (TPSA) is 105 Å². The molecule has 0 atom stereocenters. The molecule has 1 aliphatic heterocycles. The Kier molecular flexibility index (Phi) is 3.70. The van der Waals surface area contributed by atoms with Gasteiger partial charge in [-0.1, -0.05) is 5.16 Å². The van der Waals surface area contributed by atoms with Crippen molar-refractivity contribution in [3.8, 4) is 0 Å². The Morgan fingerprint density at radius 3 is 2.57 bits per heavy atom. The molecule has 0 radical (unpaired) electrons. The van der Waals surface area contributed by atoms with Crippen molar-refractivity contribution in [2.45, 2.75) is 18.9 Å². The summed E-state index contributed by atoms with van der Waals surface area (Å²) in [5, 5.41) is 14.1. The van der Waals surface area contributed by atoms with Crippen LogP contribution in [0.1, 0.15) is 12.8 Å². The Bertz CT molecular complexity index is 298. The summed E-state index contributed by atoms with van der Waals surface area (Å²) < 4.78 is 22.1. The van der Waals surface area contributed by atoms with Crippen LogP contribution in [0.4, 0.5) is 0 Å². The number of amidine groups is 1. The number of nitrogens with one attached hydrogen (secondary N) is 1. The zero-order valence-corrected chi connectivity index (χ0v) is 8.63. The van der Waals surface area contributed by atoms with Crippen LogP contribution in [0.25, 0.3) is 0 Å². The summed E-state index contributed by atoms with van der Waals surface area (Å²) in [7, 11) is -2.81. The molecule has 0 spiro atoms. The SMILES string of the molecule is NC(CNC1CCS(=O)(=O)CC1)=NO. The van der Waals surface area contributed by atoms with Gasteiger partial charge in [0.15, 0.2) is 5.84 Å². The quantitative estimate of drug-likeness (QED) is 0.243. The van der Waals surface area contributed by atoms with Crippen molar-refractivity contribution >= 4 is 15.7 Å².